The predicted molar refractivity (Wildman–Crippen MR) is 137 cm³/mol. The van der Waals surface area contributed by atoms with E-state index >= 15 is 0 Å². The summed E-state index contributed by atoms with van der Waals surface area (Å²) < 4.78 is 4.97. The predicted octanol–water partition coefficient (Wildman–Crippen LogP) is 6.32. The van der Waals surface area contributed by atoms with Gasteiger partial charge in [-0.05, 0) is 63.5 Å². The van der Waals surface area contributed by atoms with Gasteiger partial charge in [0.05, 0.1) is 18.8 Å². The zero-order valence-electron chi connectivity index (χ0n) is 20.3. The monoisotopic (exact) mass is 474 g/mol. The number of thioether (sulfide) groups is 1. The van der Waals surface area contributed by atoms with E-state index in [-0.39, 0.29) is 23.1 Å². The number of ether oxygens (including phenoxy) is 1. The minimum Gasteiger partial charge on any atom is -0.466 e. The van der Waals surface area contributed by atoms with Gasteiger partial charge in [-0.1, -0.05) is 62.3 Å². The Morgan fingerprint density at radius 3 is 2.55 bits per heavy atom. The number of hydrogen-bond acceptors (Lipinski definition) is 5. The van der Waals surface area contributed by atoms with E-state index in [0.29, 0.717) is 19.4 Å². The lowest BCUT2D eigenvalue weighted by Gasteiger charge is -2.29. The van der Waals surface area contributed by atoms with E-state index in [4.69, 9.17) is 4.74 Å². The van der Waals surface area contributed by atoms with Crippen LogP contribution in [-0.4, -0.2) is 40.2 Å². The SMILES string of the molecule is CCCCC/C=C/[C@H](Sc1ccccc1)[C@@H]1[C@H](C/C=C\CCCC(=O)OCC)[C@@H](O)C[C@H]1O. The maximum atomic E-state index is 11.5. The number of carbonyl (C=O) groups excluding carboxylic acids is 1. The van der Waals surface area contributed by atoms with Crippen molar-refractivity contribution in [2.75, 3.05) is 6.61 Å². The Hall–Kier alpha value is -1.56. The summed E-state index contributed by atoms with van der Waals surface area (Å²) in [7, 11) is 0. The molecule has 0 aromatic heterocycles. The second-order valence-corrected chi connectivity index (χ2v) is 10.1. The molecule has 1 fully saturated rings. The fourth-order valence-corrected chi connectivity index (χ4v) is 5.87. The van der Waals surface area contributed by atoms with Gasteiger partial charge in [-0.2, -0.15) is 0 Å². The highest BCUT2D eigenvalue weighted by Crippen LogP contribution is 2.43. The zero-order chi connectivity index (χ0) is 23.9. The molecule has 0 saturated heterocycles. The van der Waals surface area contributed by atoms with Gasteiger partial charge in [0.2, 0.25) is 0 Å². The van der Waals surface area contributed by atoms with Crippen molar-refractivity contribution in [3.05, 3.63) is 54.6 Å². The Balaban J connectivity index is 2.01. The quantitative estimate of drug-likeness (QED) is 0.135. The first kappa shape index (κ1) is 27.7. The van der Waals surface area contributed by atoms with Crippen LogP contribution in [0.3, 0.4) is 0 Å². The Kier molecular flexibility index (Phi) is 13.5. The van der Waals surface area contributed by atoms with Crippen LogP contribution >= 0.6 is 11.8 Å². The van der Waals surface area contributed by atoms with Crippen molar-refractivity contribution in [3.63, 3.8) is 0 Å². The largest absolute Gasteiger partial charge is 0.466 e. The highest BCUT2D eigenvalue weighted by molar-refractivity contribution is 8.00. The van der Waals surface area contributed by atoms with E-state index in [1.54, 1.807) is 11.8 Å². The third-order valence-corrected chi connectivity index (χ3v) is 7.53. The Morgan fingerprint density at radius 2 is 1.82 bits per heavy atom. The summed E-state index contributed by atoms with van der Waals surface area (Å²) in [6.45, 7) is 4.45. The summed E-state index contributed by atoms with van der Waals surface area (Å²) in [6, 6.07) is 10.3. The number of rotatable bonds is 15. The van der Waals surface area contributed by atoms with Crippen LogP contribution in [-0.2, 0) is 9.53 Å². The van der Waals surface area contributed by atoms with Crippen molar-refractivity contribution >= 4 is 17.7 Å². The van der Waals surface area contributed by atoms with Crippen LogP contribution in [0.4, 0.5) is 0 Å². The molecule has 1 aromatic rings. The summed E-state index contributed by atoms with van der Waals surface area (Å²) in [4.78, 5) is 12.6. The molecule has 4 nitrogen and oxygen atoms in total. The number of benzene rings is 1. The van der Waals surface area contributed by atoms with Gasteiger partial charge >= 0.3 is 5.97 Å². The Bertz CT molecular complexity index is 718. The summed E-state index contributed by atoms with van der Waals surface area (Å²) in [5.41, 5.74) is 0. The van der Waals surface area contributed by atoms with Gasteiger partial charge in [0.1, 0.15) is 0 Å². The summed E-state index contributed by atoms with van der Waals surface area (Å²) in [5.74, 6) is -0.133. The van der Waals surface area contributed by atoms with Gasteiger partial charge in [0, 0.05) is 22.5 Å². The molecule has 33 heavy (non-hydrogen) atoms. The Morgan fingerprint density at radius 1 is 1.06 bits per heavy atom. The number of aliphatic hydroxyl groups is 2. The molecule has 2 N–H and O–H groups in total. The van der Waals surface area contributed by atoms with E-state index in [2.05, 4.69) is 43.4 Å². The van der Waals surface area contributed by atoms with Crippen molar-refractivity contribution in [3.8, 4) is 0 Å². The Labute approximate surface area is 204 Å². The number of hydrogen-bond donors (Lipinski definition) is 2. The molecule has 0 heterocycles. The molecule has 5 atom stereocenters. The van der Waals surface area contributed by atoms with Gasteiger partial charge in [0.15, 0.2) is 0 Å². The first-order valence-electron chi connectivity index (χ1n) is 12.6. The lowest BCUT2D eigenvalue weighted by Crippen LogP contribution is -2.30. The van der Waals surface area contributed by atoms with E-state index in [1.165, 1.54) is 24.2 Å². The van der Waals surface area contributed by atoms with Gasteiger partial charge in [0.25, 0.3) is 0 Å². The van der Waals surface area contributed by atoms with Gasteiger partial charge in [-0.15, -0.1) is 11.8 Å². The third kappa shape index (κ3) is 10.1. The number of unbranched alkanes of at least 4 members (excludes halogenated alkanes) is 4. The van der Waals surface area contributed by atoms with Crippen LogP contribution in [0, 0.1) is 11.8 Å². The molecule has 0 amide bonds. The molecular formula is C28H42O4S. The second-order valence-electron chi connectivity index (χ2n) is 8.84. The number of allylic oxidation sites excluding steroid dienone is 3. The van der Waals surface area contributed by atoms with E-state index in [0.717, 1.165) is 25.7 Å². The van der Waals surface area contributed by atoms with Gasteiger partial charge in [-0.25, -0.2) is 0 Å². The molecule has 0 aliphatic heterocycles. The molecule has 1 aliphatic rings. The van der Waals surface area contributed by atoms with Crippen molar-refractivity contribution in [2.24, 2.45) is 11.8 Å². The molecule has 1 saturated carbocycles. The number of carbonyl (C=O) groups is 1. The summed E-state index contributed by atoms with van der Waals surface area (Å²) in [6.07, 6.45) is 15.6. The first-order chi connectivity index (χ1) is 16.1. The average Bonchev–Trinajstić information content (AvgIpc) is 3.08. The van der Waals surface area contributed by atoms with Crippen LogP contribution in [0.25, 0.3) is 0 Å². The second kappa shape index (κ2) is 16.1. The molecule has 5 heteroatoms. The smallest absolute Gasteiger partial charge is 0.305 e. The van der Waals surface area contributed by atoms with Crippen LogP contribution in [0.2, 0.25) is 0 Å². The van der Waals surface area contributed by atoms with Crippen LogP contribution in [0.1, 0.15) is 71.6 Å². The minimum absolute atomic E-state index is 0.00295. The van der Waals surface area contributed by atoms with Crippen LogP contribution < -0.4 is 0 Å². The van der Waals surface area contributed by atoms with Gasteiger partial charge < -0.3 is 14.9 Å². The summed E-state index contributed by atoms with van der Waals surface area (Å²) >= 11 is 1.78. The molecular weight excluding hydrogens is 432 g/mol. The fraction of sp³-hybridized carbons (Fsp3) is 0.607. The van der Waals surface area contributed by atoms with E-state index < -0.39 is 12.2 Å². The number of aliphatic hydroxyl groups excluding tert-OH is 2. The van der Waals surface area contributed by atoms with Crippen molar-refractivity contribution in [2.45, 2.75) is 94.0 Å². The molecule has 1 aromatic carbocycles. The number of esters is 1. The van der Waals surface area contributed by atoms with E-state index in [1.807, 2.05) is 25.1 Å². The lowest BCUT2D eigenvalue weighted by molar-refractivity contribution is -0.143. The summed E-state index contributed by atoms with van der Waals surface area (Å²) in [5, 5.41) is 21.7. The molecule has 184 valence electrons. The van der Waals surface area contributed by atoms with Crippen molar-refractivity contribution in [1.29, 1.82) is 0 Å². The molecule has 0 spiro atoms. The normalized spacial score (nSPS) is 24.0. The molecule has 1 aliphatic carbocycles. The molecule has 2 rings (SSSR count). The van der Waals surface area contributed by atoms with Crippen molar-refractivity contribution < 1.29 is 19.7 Å². The molecule has 0 unspecified atom stereocenters. The van der Waals surface area contributed by atoms with Crippen LogP contribution in [0.5, 0.6) is 0 Å². The maximum Gasteiger partial charge on any atom is 0.305 e. The highest BCUT2D eigenvalue weighted by Gasteiger charge is 2.44. The maximum absolute atomic E-state index is 11.5. The van der Waals surface area contributed by atoms with E-state index in [9.17, 15) is 15.0 Å². The molecule has 0 radical (unpaired) electrons. The fourth-order valence-electron chi connectivity index (χ4n) is 4.51. The average molecular weight is 475 g/mol. The standard InChI is InChI=1S/C28H42O4S/c1-3-5-6-7-14-19-26(33-22-16-11-10-12-17-22)28-23(24(29)21-25(28)30)18-13-8-9-15-20-27(31)32-4-2/h8,10-14,16-17,19,23-26,28-30H,3-7,9,15,18,20-21H2,1-2H3/b13-8-,19-14+/t23-,24+,25-,26+,28-/m1/s1. The van der Waals surface area contributed by atoms with Crippen LogP contribution in [0.15, 0.2) is 59.5 Å². The highest BCUT2D eigenvalue weighted by atomic mass is 32.2. The zero-order valence-corrected chi connectivity index (χ0v) is 21.1. The minimum atomic E-state index is -0.510. The van der Waals surface area contributed by atoms with Gasteiger partial charge in [-0.3, -0.25) is 4.79 Å². The first-order valence-corrected chi connectivity index (χ1v) is 13.5. The molecule has 0 bridgehead atoms. The third-order valence-electron chi connectivity index (χ3n) is 6.24. The van der Waals surface area contributed by atoms with Crippen molar-refractivity contribution in [1.82, 2.24) is 0 Å². The topological polar surface area (TPSA) is 66.8 Å². The lowest BCUT2D eigenvalue weighted by atomic mass is 9.87.